The van der Waals surface area contributed by atoms with Crippen LogP contribution in [0.5, 0.6) is 0 Å². The van der Waals surface area contributed by atoms with Crippen LogP contribution >= 0.6 is 23.2 Å². The minimum atomic E-state index is -1.89. The van der Waals surface area contributed by atoms with Crippen LogP contribution in [0.1, 0.15) is 52.9 Å². The Bertz CT molecular complexity index is 1240. The molecule has 1 amide bonds. The Morgan fingerprint density at radius 1 is 1.02 bits per heavy atom. The molecule has 0 aromatic heterocycles. The Morgan fingerprint density at radius 2 is 1.66 bits per heavy atom. The second kappa shape index (κ2) is 21.6. The smallest absolute Gasteiger partial charge is 0.405 e. The third-order valence-electron chi connectivity index (χ3n) is 7.31. The van der Waals surface area contributed by atoms with Crippen LogP contribution in [-0.2, 0) is 23.9 Å². The molecule has 1 fully saturated rings. The molecule has 0 aromatic rings. The number of esters is 1. The second-order valence-corrected chi connectivity index (χ2v) is 12.0. The van der Waals surface area contributed by atoms with Gasteiger partial charge in [-0.05, 0) is 38.3 Å². The van der Waals surface area contributed by atoms with Gasteiger partial charge in [-0.2, -0.15) is 0 Å². The number of rotatable bonds is 18. The van der Waals surface area contributed by atoms with Gasteiger partial charge >= 0.3 is 18.0 Å². The molecule has 14 heteroatoms. The molecule has 1 rings (SSSR count). The number of carbonyl (C=O) groups is 4. The van der Waals surface area contributed by atoms with Gasteiger partial charge in [-0.25, -0.2) is 9.59 Å². The molecule has 0 radical (unpaired) electrons. The van der Waals surface area contributed by atoms with Gasteiger partial charge in [0.1, 0.15) is 23.7 Å². The molecule has 47 heavy (non-hydrogen) atoms. The number of amides is 1. The first-order valence-electron chi connectivity index (χ1n) is 15.1. The number of hydrogen-bond donors (Lipinski definition) is 6. The summed E-state index contributed by atoms with van der Waals surface area (Å²) in [6, 6.07) is 0. The SMILES string of the molecule is CC/C=C/[C@H](OC(N)=O)[C@H](Cl)[C@H](O)CC(=O)[C@H](O)[C@H](O)[C@H](C)/C(Cl)=C/C=C/C=C(C)/C=C/C=C/C(=O)O[C@@H]1C[C@@H](C(=O)O)CC[C@@H]1O. The number of aliphatic carboxylic acids is 1. The van der Waals surface area contributed by atoms with Gasteiger partial charge in [0.25, 0.3) is 0 Å². The molecule has 0 unspecified atom stereocenters. The molecule has 0 bridgehead atoms. The fourth-order valence-electron chi connectivity index (χ4n) is 4.46. The minimum absolute atomic E-state index is 0.0584. The number of ketones is 1. The number of alkyl halides is 1. The number of carboxylic acids is 1. The highest BCUT2D eigenvalue weighted by Gasteiger charge is 2.36. The lowest BCUT2D eigenvalue weighted by Gasteiger charge is -2.30. The lowest BCUT2D eigenvalue weighted by atomic mass is 9.85. The molecule has 0 saturated heterocycles. The Labute approximate surface area is 284 Å². The zero-order valence-electron chi connectivity index (χ0n) is 26.5. The fraction of sp³-hybridized carbons (Fsp3) is 0.515. The highest BCUT2D eigenvalue weighted by atomic mass is 35.5. The molecule has 12 nitrogen and oxygen atoms in total. The van der Waals surface area contributed by atoms with E-state index >= 15 is 0 Å². The standard InChI is InChI=1S/C33H45Cl2NO11/c1-4-5-13-26(47-33(36)45)29(35)24(38)18-25(39)31(42)30(41)20(3)22(34)12-8-6-10-19(2)11-7-9-14-28(40)46-27-17-21(32(43)44)15-16-23(27)37/h5-14,20-21,23-24,26-27,29-31,37-38,41-42H,4,15-18H2,1-3H3,(H2,36,45)(H,43,44)/b8-6+,11-7+,13-5+,14-9+,19-10+,22-12-/t20-,21+,23+,24-,26+,27-,29-,30-,31+/m1/s1. The number of carbonyl (C=O) groups excluding carboxylic acids is 3. The van der Waals surface area contributed by atoms with Gasteiger partial charge in [0.05, 0.1) is 24.2 Å². The van der Waals surface area contributed by atoms with Crippen molar-refractivity contribution in [2.75, 3.05) is 0 Å². The summed E-state index contributed by atoms with van der Waals surface area (Å²) in [6.45, 7) is 5.12. The Morgan fingerprint density at radius 3 is 2.28 bits per heavy atom. The van der Waals surface area contributed by atoms with Crippen molar-refractivity contribution in [2.24, 2.45) is 17.6 Å². The number of nitrogens with two attached hydrogens (primary N) is 1. The van der Waals surface area contributed by atoms with Crippen LogP contribution in [0, 0.1) is 11.8 Å². The van der Waals surface area contributed by atoms with Gasteiger partial charge in [0, 0.05) is 29.9 Å². The summed E-state index contributed by atoms with van der Waals surface area (Å²) >= 11 is 12.5. The summed E-state index contributed by atoms with van der Waals surface area (Å²) in [5.74, 6) is -4.10. The Kier molecular flexibility index (Phi) is 19.2. The highest BCUT2D eigenvalue weighted by molar-refractivity contribution is 6.30. The summed E-state index contributed by atoms with van der Waals surface area (Å²) < 4.78 is 10.1. The molecule has 1 saturated carbocycles. The Hall–Kier alpha value is -3.26. The van der Waals surface area contributed by atoms with Crippen molar-refractivity contribution in [1.82, 2.24) is 0 Å². The van der Waals surface area contributed by atoms with Gasteiger partial charge in [0.2, 0.25) is 0 Å². The highest BCUT2D eigenvalue weighted by Crippen LogP contribution is 2.27. The first kappa shape index (κ1) is 41.8. The van der Waals surface area contributed by atoms with Gasteiger partial charge in [-0.15, -0.1) is 11.6 Å². The first-order chi connectivity index (χ1) is 22.1. The van der Waals surface area contributed by atoms with E-state index in [2.05, 4.69) is 0 Å². The summed E-state index contributed by atoms with van der Waals surface area (Å²) in [5.41, 5.74) is 5.83. The normalized spacial score (nSPS) is 23.5. The number of aliphatic hydroxyl groups is 4. The maximum atomic E-state index is 12.6. The number of hydrogen-bond acceptors (Lipinski definition) is 10. The van der Waals surface area contributed by atoms with Gasteiger partial charge in [-0.1, -0.05) is 73.6 Å². The first-order valence-corrected chi connectivity index (χ1v) is 15.9. The van der Waals surface area contributed by atoms with Crippen LogP contribution in [0.25, 0.3) is 0 Å². The molecule has 0 spiro atoms. The quantitative estimate of drug-likeness (QED) is 0.0399. The minimum Gasteiger partial charge on any atom is -0.481 e. The molecule has 1 aliphatic rings. The van der Waals surface area contributed by atoms with Crippen LogP contribution in [0.15, 0.2) is 71.4 Å². The number of Topliss-reactive ketones (excluding diaryl/α,β-unsaturated/α-hetero) is 1. The van der Waals surface area contributed by atoms with Crippen LogP contribution in [0.4, 0.5) is 4.79 Å². The molecular weight excluding hydrogens is 657 g/mol. The number of ether oxygens (including phenoxy) is 2. The topological polar surface area (TPSA) is 214 Å². The van der Waals surface area contributed by atoms with E-state index < -0.39 is 84.1 Å². The predicted octanol–water partition coefficient (Wildman–Crippen LogP) is 3.60. The summed E-state index contributed by atoms with van der Waals surface area (Å²) in [4.78, 5) is 47.0. The van der Waals surface area contributed by atoms with E-state index in [9.17, 15) is 39.6 Å². The second-order valence-electron chi connectivity index (χ2n) is 11.1. The van der Waals surface area contributed by atoms with Gasteiger partial charge in [-0.3, -0.25) is 9.59 Å². The van der Waals surface area contributed by atoms with E-state index in [1.54, 1.807) is 43.4 Å². The number of primary amides is 1. The van der Waals surface area contributed by atoms with Crippen molar-refractivity contribution < 1.29 is 54.2 Å². The molecule has 0 heterocycles. The number of carboxylic acid groups (broad SMARTS) is 1. The van der Waals surface area contributed by atoms with Crippen molar-refractivity contribution >= 4 is 47.0 Å². The van der Waals surface area contributed by atoms with E-state index in [0.29, 0.717) is 12.8 Å². The molecule has 262 valence electrons. The molecule has 0 aliphatic heterocycles. The maximum Gasteiger partial charge on any atom is 0.405 e. The van der Waals surface area contributed by atoms with Crippen molar-refractivity contribution in [2.45, 2.75) is 94.9 Å². The van der Waals surface area contributed by atoms with Crippen LogP contribution in [0.3, 0.4) is 0 Å². The molecular formula is C33H45Cl2NO11. The number of allylic oxidation sites excluding steroid dienone is 9. The molecule has 9 atom stereocenters. The predicted molar refractivity (Wildman–Crippen MR) is 176 cm³/mol. The monoisotopic (exact) mass is 701 g/mol. The average molecular weight is 703 g/mol. The van der Waals surface area contributed by atoms with Crippen molar-refractivity contribution in [3.05, 3.63) is 71.4 Å². The number of halogens is 2. The van der Waals surface area contributed by atoms with Gasteiger partial charge < -0.3 is 40.7 Å². The van der Waals surface area contributed by atoms with E-state index in [1.165, 1.54) is 31.2 Å². The lowest BCUT2D eigenvalue weighted by Crippen LogP contribution is -2.43. The third kappa shape index (κ3) is 15.5. The summed E-state index contributed by atoms with van der Waals surface area (Å²) in [6.07, 6.45) is 6.95. The van der Waals surface area contributed by atoms with E-state index in [4.69, 9.17) is 43.5 Å². The average Bonchev–Trinajstić information content (AvgIpc) is 3.02. The molecule has 1 aliphatic carbocycles. The van der Waals surface area contributed by atoms with E-state index in [-0.39, 0.29) is 17.9 Å². The third-order valence-corrected chi connectivity index (χ3v) is 8.32. The van der Waals surface area contributed by atoms with Crippen LogP contribution < -0.4 is 5.73 Å². The van der Waals surface area contributed by atoms with E-state index in [1.807, 2.05) is 6.92 Å². The van der Waals surface area contributed by atoms with Crippen molar-refractivity contribution in [3.8, 4) is 0 Å². The zero-order valence-corrected chi connectivity index (χ0v) is 28.0. The lowest BCUT2D eigenvalue weighted by molar-refractivity contribution is -0.159. The molecule has 7 N–H and O–H groups in total. The van der Waals surface area contributed by atoms with E-state index in [0.717, 1.165) is 5.57 Å². The van der Waals surface area contributed by atoms with Crippen molar-refractivity contribution in [3.63, 3.8) is 0 Å². The fourth-order valence-corrected chi connectivity index (χ4v) is 4.88. The number of aliphatic hydroxyl groups excluding tert-OH is 4. The molecule has 0 aromatic carbocycles. The van der Waals surface area contributed by atoms with Gasteiger partial charge in [0.15, 0.2) is 5.78 Å². The van der Waals surface area contributed by atoms with Crippen molar-refractivity contribution in [1.29, 1.82) is 0 Å². The largest absolute Gasteiger partial charge is 0.481 e. The summed E-state index contributed by atoms with van der Waals surface area (Å²) in [7, 11) is 0. The maximum absolute atomic E-state index is 12.6. The van der Waals surface area contributed by atoms with Crippen LogP contribution in [0.2, 0.25) is 0 Å². The Balaban J connectivity index is 2.66. The zero-order chi connectivity index (χ0) is 35.7. The summed E-state index contributed by atoms with van der Waals surface area (Å²) in [5, 5.41) is 49.4. The van der Waals surface area contributed by atoms with Crippen LogP contribution in [-0.4, -0.2) is 91.3 Å².